The molecule has 0 radical (unpaired) electrons. The fraction of sp³-hybridized carbons (Fsp3) is 0.850. The highest BCUT2D eigenvalue weighted by atomic mass is 28.4. The molecule has 1 aliphatic heterocycles. The molecule has 3 nitrogen and oxygen atoms in total. The van der Waals surface area contributed by atoms with E-state index >= 15 is 0 Å². The van der Waals surface area contributed by atoms with E-state index in [0.717, 1.165) is 25.7 Å². The van der Waals surface area contributed by atoms with Gasteiger partial charge in [0.2, 0.25) is 0 Å². The van der Waals surface area contributed by atoms with E-state index in [1.165, 1.54) is 5.57 Å². The number of rotatable bonds is 4. The minimum absolute atomic E-state index is 0.00850. The number of ketones is 1. The van der Waals surface area contributed by atoms with E-state index in [2.05, 4.69) is 47.7 Å². The van der Waals surface area contributed by atoms with Crippen molar-refractivity contribution < 1.29 is 14.0 Å². The van der Waals surface area contributed by atoms with Crippen molar-refractivity contribution in [3.05, 3.63) is 11.6 Å². The van der Waals surface area contributed by atoms with Gasteiger partial charge in [-0.25, -0.2) is 0 Å². The number of allylic oxidation sites excluding steroid dienone is 1. The maximum atomic E-state index is 12.0. The van der Waals surface area contributed by atoms with Crippen LogP contribution < -0.4 is 0 Å². The van der Waals surface area contributed by atoms with Crippen LogP contribution in [0.3, 0.4) is 0 Å². The normalized spacial score (nSPS) is 35.6. The van der Waals surface area contributed by atoms with Gasteiger partial charge in [-0.1, -0.05) is 26.3 Å². The monoisotopic (exact) mass is 350 g/mol. The molecule has 0 aromatic rings. The van der Waals surface area contributed by atoms with Crippen LogP contribution >= 0.6 is 0 Å². The molecule has 1 unspecified atom stereocenters. The molecule has 3 aliphatic rings. The molecular formula is C20H34O3Si. The molecule has 1 heterocycles. The zero-order chi connectivity index (χ0) is 18.0. The zero-order valence-corrected chi connectivity index (χ0v) is 17.5. The molecule has 0 aromatic carbocycles. The average Bonchev–Trinajstić information content (AvgIpc) is 2.87. The van der Waals surface area contributed by atoms with Crippen LogP contribution in [0.15, 0.2) is 11.6 Å². The van der Waals surface area contributed by atoms with Crippen molar-refractivity contribution >= 4 is 14.1 Å². The van der Waals surface area contributed by atoms with E-state index in [9.17, 15) is 4.79 Å². The smallest absolute Gasteiger partial charge is 0.192 e. The lowest BCUT2D eigenvalue weighted by molar-refractivity contribution is -0.116. The molecule has 1 saturated carbocycles. The predicted molar refractivity (Wildman–Crippen MR) is 99.6 cm³/mol. The van der Waals surface area contributed by atoms with Gasteiger partial charge >= 0.3 is 0 Å². The maximum absolute atomic E-state index is 12.0. The van der Waals surface area contributed by atoms with Gasteiger partial charge in [-0.2, -0.15) is 0 Å². The van der Waals surface area contributed by atoms with Gasteiger partial charge < -0.3 is 9.16 Å². The standard InChI is InChI=1S/C20H34O3Si/c1-18(2,3)24(6,7)23-16-9-8-14-12-15(21)10-11-20(14,16)13-17-19(4,5)22-17/h12,16-17H,8-11,13H2,1-7H3/t16-,17?,20+/m0/s1. The molecule has 0 aromatic heterocycles. The molecule has 3 atom stereocenters. The third kappa shape index (κ3) is 3.06. The van der Waals surface area contributed by atoms with Crippen molar-refractivity contribution in [3.8, 4) is 0 Å². The van der Waals surface area contributed by atoms with Crippen LogP contribution in [0.2, 0.25) is 18.1 Å². The minimum Gasteiger partial charge on any atom is -0.413 e. The van der Waals surface area contributed by atoms with E-state index in [-0.39, 0.29) is 22.2 Å². The summed E-state index contributed by atoms with van der Waals surface area (Å²) in [6, 6.07) is 0. The summed E-state index contributed by atoms with van der Waals surface area (Å²) in [6.45, 7) is 15.9. The zero-order valence-electron chi connectivity index (χ0n) is 16.5. The number of hydrogen-bond acceptors (Lipinski definition) is 3. The number of carbonyl (C=O) groups excluding carboxylic acids is 1. The van der Waals surface area contributed by atoms with Crippen LogP contribution in [-0.4, -0.2) is 31.9 Å². The van der Waals surface area contributed by atoms with E-state index in [4.69, 9.17) is 9.16 Å². The average molecular weight is 351 g/mol. The molecule has 4 heteroatoms. The Labute approximate surface area is 148 Å². The first kappa shape index (κ1) is 18.3. The largest absolute Gasteiger partial charge is 0.413 e. The topological polar surface area (TPSA) is 38.8 Å². The van der Waals surface area contributed by atoms with Gasteiger partial charge in [-0.3, -0.25) is 4.79 Å². The van der Waals surface area contributed by atoms with Gasteiger partial charge in [0.25, 0.3) is 0 Å². The Morgan fingerprint density at radius 3 is 2.46 bits per heavy atom. The van der Waals surface area contributed by atoms with Gasteiger partial charge in [-0.15, -0.1) is 0 Å². The van der Waals surface area contributed by atoms with E-state index in [1.807, 2.05) is 6.08 Å². The molecule has 1 saturated heterocycles. The highest BCUT2D eigenvalue weighted by Crippen LogP contribution is 2.58. The highest BCUT2D eigenvalue weighted by Gasteiger charge is 2.58. The summed E-state index contributed by atoms with van der Waals surface area (Å²) >= 11 is 0. The second kappa shape index (κ2) is 5.52. The summed E-state index contributed by atoms with van der Waals surface area (Å²) < 4.78 is 12.8. The lowest BCUT2D eigenvalue weighted by Crippen LogP contribution is -2.49. The van der Waals surface area contributed by atoms with Gasteiger partial charge in [0.15, 0.2) is 14.1 Å². The molecule has 24 heavy (non-hydrogen) atoms. The SMILES string of the molecule is CC1(C)OC1C[C@]12CCC(=O)C=C1CC[C@@H]2O[Si](C)(C)C(C)(C)C. The Kier molecular flexibility index (Phi) is 4.22. The molecular weight excluding hydrogens is 316 g/mol. The Hall–Kier alpha value is -0.453. The van der Waals surface area contributed by atoms with Crippen LogP contribution in [0.5, 0.6) is 0 Å². The number of fused-ring (bicyclic) bond motifs is 1. The molecule has 0 amide bonds. The van der Waals surface area contributed by atoms with Crippen molar-refractivity contribution in [3.63, 3.8) is 0 Å². The lowest BCUT2D eigenvalue weighted by atomic mass is 9.69. The molecule has 0 bridgehead atoms. The molecule has 2 aliphatic carbocycles. The number of epoxide rings is 1. The molecule has 2 fully saturated rings. The third-order valence-electron chi connectivity index (χ3n) is 7.04. The van der Waals surface area contributed by atoms with Crippen LogP contribution in [0, 0.1) is 5.41 Å². The quantitative estimate of drug-likeness (QED) is 0.528. The molecule has 0 spiro atoms. The van der Waals surface area contributed by atoms with Crippen molar-refractivity contribution in [2.75, 3.05) is 0 Å². The second-order valence-corrected chi connectivity index (χ2v) is 14.9. The van der Waals surface area contributed by atoms with Crippen LogP contribution in [0.1, 0.15) is 66.7 Å². The summed E-state index contributed by atoms with van der Waals surface area (Å²) in [5, 5.41) is 0.209. The summed E-state index contributed by atoms with van der Waals surface area (Å²) in [7, 11) is -1.83. The van der Waals surface area contributed by atoms with E-state index in [1.54, 1.807) is 0 Å². The fourth-order valence-electron chi connectivity index (χ4n) is 4.19. The molecule has 136 valence electrons. The molecule has 3 rings (SSSR count). The fourth-order valence-corrected chi connectivity index (χ4v) is 5.60. The van der Waals surface area contributed by atoms with Crippen molar-refractivity contribution in [2.24, 2.45) is 5.41 Å². The van der Waals surface area contributed by atoms with Crippen molar-refractivity contribution in [2.45, 2.75) is 103 Å². The summed E-state index contributed by atoms with van der Waals surface area (Å²) in [5.74, 6) is 0.296. The Balaban J connectivity index is 1.88. The first-order chi connectivity index (χ1) is 10.9. The Morgan fingerprint density at radius 1 is 1.29 bits per heavy atom. The Bertz CT molecular complexity index is 570. The number of hydrogen-bond donors (Lipinski definition) is 0. The highest BCUT2D eigenvalue weighted by molar-refractivity contribution is 6.74. The van der Waals surface area contributed by atoms with Gasteiger partial charge in [0, 0.05) is 11.8 Å². The predicted octanol–water partition coefficient (Wildman–Crippen LogP) is 5.01. The first-order valence-electron chi connectivity index (χ1n) is 9.47. The second-order valence-electron chi connectivity index (χ2n) is 10.1. The van der Waals surface area contributed by atoms with Crippen LogP contribution in [0.25, 0.3) is 0 Å². The first-order valence-corrected chi connectivity index (χ1v) is 12.4. The van der Waals surface area contributed by atoms with Gasteiger partial charge in [0.1, 0.15) is 0 Å². The minimum atomic E-state index is -1.83. The lowest BCUT2D eigenvalue weighted by Gasteiger charge is -2.45. The number of ether oxygens (including phenoxy) is 1. The number of carbonyl (C=O) groups is 1. The van der Waals surface area contributed by atoms with Gasteiger partial charge in [-0.05, 0) is 63.7 Å². The Morgan fingerprint density at radius 2 is 1.92 bits per heavy atom. The summed E-state index contributed by atoms with van der Waals surface area (Å²) in [4.78, 5) is 12.0. The van der Waals surface area contributed by atoms with E-state index in [0.29, 0.717) is 18.3 Å². The van der Waals surface area contributed by atoms with E-state index < -0.39 is 8.32 Å². The summed E-state index contributed by atoms with van der Waals surface area (Å²) in [6.07, 6.45) is 7.17. The van der Waals surface area contributed by atoms with Crippen LogP contribution in [-0.2, 0) is 14.0 Å². The van der Waals surface area contributed by atoms with Gasteiger partial charge in [0.05, 0.1) is 17.8 Å². The van der Waals surface area contributed by atoms with Crippen LogP contribution in [0.4, 0.5) is 0 Å². The van der Waals surface area contributed by atoms with Crippen molar-refractivity contribution in [1.29, 1.82) is 0 Å². The molecule has 0 N–H and O–H groups in total. The van der Waals surface area contributed by atoms with Crippen molar-refractivity contribution in [1.82, 2.24) is 0 Å². The summed E-state index contributed by atoms with van der Waals surface area (Å²) in [5.41, 5.74) is 1.36. The maximum Gasteiger partial charge on any atom is 0.192 e. The third-order valence-corrected chi connectivity index (χ3v) is 11.5.